The summed E-state index contributed by atoms with van der Waals surface area (Å²) < 4.78 is 0. The van der Waals surface area contributed by atoms with Crippen LogP contribution in [0.1, 0.15) is 5.56 Å². The van der Waals surface area contributed by atoms with Crippen molar-refractivity contribution < 1.29 is 0 Å². The average molecular weight is 472 g/mol. The molecule has 0 bridgehead atoms. The molecular formula is C36H25N. The van der Waals surface area contributed by atoms with Crippen molar-refractivity contribution in [2.75, 3.05) is 0 Å². The van der Waals surface area contributed by atoms with Crippen LogP contribution in [0.25, 0.3) is 65.7 Å². The van der Waals surface area contributed by atoms with Gasteiger partial charge in [0.25, 0.3) is 0 Å². The number of aromatic nitrogens is 1. The first kappa shape index (κ1) is 21.5. The summed E-state index contributed by atoms with van der Waals surface area (Å²) in [7, 11) is 0. The Bertz CT molecular complexity index is 1860. The second kappa shape index (κ2) is 8.72. The molecular weight excluding hydrogens is 446 g/mol. The van der Waals surface area contributed by atoms with Gasteiger partial charge < -0.3 is 0 Å². The smallest absolute Gasteiger partial charge is 0.0273 e. The van der Waals surface area contributed by atoms with E-state index in [1.807, 2.05) is 12.4 Å². The second-order valence-corrected chi connectivity index (χ2v) is 9.65. The van der Waals surface area contributed by atoms with Crippen LogP contribution in [0.3, 0.4) is 0 Å². The Kier molecular flexibility index (Phi) is 5.08. The molecule has 0 spiro atoms. The minimum Gasteiger partial charge on any atom is -0.265 e. The molecule has 6 aromatic carbocycles. The zero-order valence-corrected chi connectivity index (χ0v) is 20.6. The van der Waals surface area contributed by atoms with Crippen LogP contribution in [0, 0.1) is 6.92 Å². The first-order valence-corrected chi connectivity index (χ1v) is 12.7. The number of benzene rings is 6. The van der Waals surface area contributed by atoms with E-state index in [0.29, 0.717) is 0 Å². The molecule has 37 heavy (non-hydrogen) atoms. The molecule has 1 aromatic heterocycles. The lowest BCUT2D eigenvalue weighted by atomic mass is 9.84. The Morgan fingerprint density at radius 2 is 0.838 bits per heavy atom. The van der Waals surface area contributed by atoms with Gasteiger partial charge in [-0.1, -0.05) is 115 Å². The monoisotopic (exact) mass is 471 g/mol. The van der Waals surface area contributed by atoms with Crippen LogP contribution < -0.4 is 0 Å². The minimum atomic E-state index is 1.18. The summed E-state index contributed by atoms with van der Waals surface area (Å²) in [5.74, 6) is 0. The van der Waals surface area contributed by atoms with E-state index in [4.69, 9.17) is 0 Å². The highest BCUT2D eigenvalue weighted by molar-refractivity contribution is 6.24. The van der Waals surface area contributed by atoms with Crippen molar-refractivity contribution in [1.29, 1.82) is 0 Å². The van der Waals surface area contributed by atoms with Crippen molar-refractivity contribution in [2.45, 2.75) is 6.92 Å². The molecule has 174 valence electrons. The Hall–Kier alpha value is -4.75. The first-order chi connectivity index (χ1) is 18.3. The lowest BCUT2D eigenvalue weighted by Gasteiger charge is -2.19. The maximum atomic E-state index is 4.22. The van der Waals surface area contributed by atoms with Gasteiger partial charge in [-0.05, 0) is 84.8 Å². The highest BCUT2D eigenvalue weighted by Gasteiger charge is 2.18. The lowest BCUT2D eigenvalue weighted by molar-refractivity contribution is 1.33. The van der Waals surface area contributed by atoms with E-state index in [0.717, 1.165) is 0 Å². The van der Waals surface area contributed by atoms with E-state index in [-0.39, 0.29) is 0 Å². The van der Waals surface area contributed by atoms with Gasteiger partial charge >= 0.3 is 0 Å². The fourth-order valence-electron chi connectivity index (χ4n) is 5.75. The van der Waals surface area contributed by atoms with E-state index in [2.05, 4.69) is 133 Å². The van der Waals surface area contributed by atoms with Gasteiger partial charge in [0.15, 0.2) is 0 Å². The third kappa shape index (κ3) is 3.51. The SMILES string of the molecule is Cc1ccc(-c2c3ccccc3c(-c3ccc(-c4ccncc4)c4ccccc34)c3ccccc23)cc1. The lowest BCUT2D eigenvalue weighted by Crippen LogP contribution is -1.92. The summed E-state index contributed by atoms with van der Waals surface area (Å²) in [6.45, 7) is 2.14. The summed E-state index contributed by atoms with van der Waals surface area (Å²) in [6.07, 6.45) is 3.73. The molecule has 0 aliphatic heterocycles. The van der Waals surface area contributed by atoms with Gasteiger partial charge in [0.05, 0.1) is 0 Å². The van der Waals surface area contributed by atoms with E-state index in [9.17, 15) is 0 Å². The zero-order chi connectivity index (χ0) is 24.8. The predicted molar refractivity (Wildman–Crippen MR) is 158 cm³/mol. The van der Waals surface area contributed by atoms with Crippen LogP contribution in [0.2, 0.25) is 0 Å². The van der Waals surface area contributed by atoms with Crippen molar-refractivity contribution in [2.24, 2.45) is 0 Å². The topological polar surface area (TPSA) is 12.9 Å². The first-order valence-electron chi connectivity index (χ1n) is 12.7. The highest BCUT2D eigenvalue weighted by Crippen LogP contribution is 2.46. The van der Waals surface area contributed by atoms with Crippen LogP contribution in [-0.4, -0.2) is 4.98 Å². The molecule has 0 saturated heterocycles. The van der Waals surface area contributed by atoms with Crippen molar-refractivity contribution in [3.05, 3.63) is 139 Å². The molecule has 0 saturated carbocycles. The Morgan fingerprint density at radius 1 is 0.378 bits per heavy atom. The minimum absolute atomic E-state index is 1.18. The normalized spacial score (nSPS) is 11.4. The molecule has 1 heterocycles. The van der Waals surface area contributed by atoms with Crippen molar-refractivity contribution in [1.82, 2.24) is 4.98 Å². The van der Waals surface area contributed by atoms with Crippen molar-refractivity contribution in [3.8, 4) is 33.4 Å². The van der Waals surface area contributed by atoms with Crippen LogP contribution in [-0.2, 0) is 0 Å². The average Bonchev–Trinajstić information content (AvgIpc) is 2.96. The van der Waals surface area contributed by atoms with Gasteiger partial charge in [0, 0.05) is 12.4 Å². The van der Waals surface area contributed by atoms with Gasteiger partial charge in [-0.3, -0.25) is 4.98 Å². The summed E-state index contributed by atoms with van der Waals surface area (Å²) in [5, 5.41) is 7.62. The Balaban J connectivity index is 1.61. The largest absolute Gasteiger partial charge is 0.265 e. The molecule has 0 unspecified atom stereocenters. The van der Waals surface area contributed by atoms with E-state index < -0.39 is 0 Å². The maximum absolute atomic E-state index is 4.22. The summed E-state index contributed by atoms with van der Waals surface area (Å²) in [6, 6.07) is 44.2. The molecule has 1 heteroatoms. The number of hydrogen-bond acceptors (Lipinski definition) is 1. The van der Waals surface area contributed by atoms with Gasteiger partial charge in [-0.15, -0.1) is 0 Å². The number of pyridine rings is 1. The summed E-state index contributed by atoms with van der Waals surface area (Å²) in [4.78, 5) is 4.22. The van der Waals surface area contributed by atoms with Crippen LogP contribution in [0.15, 0.2) is 134 Å². The number of rotatable bonds is 3. The number of fused-ring (bicyclic) bond motifs is 3. The zero-order valence-electron chi connectivity index (χ0n) is 20.6. The molecule has 0 fully saturated rings. The molecule has 0 radical (unpaired) electrons. The third-order valence-electron chi connectivity index (χ3n) is 7.46. The molecule has 0 atom stereocenters. The highest BCUT2D eigenvalue weighted by atomic mass is 14.6. The Labute approximate surface area is 216 Å². The molecule has 7 rings (SSSR count). The van der Waals surface area contributed by atoms with Crippen LogP contribution >= 0.6 is 0 Å². The van der Waals surface area contributed by atoms with Crippen molar-refractivity contribution in [3.63, 3.8) is 0 Å². The third-order valence-corrected chi connectivity index (χ3v) is 7.46. The fourth-order valence-corrected chi connectivity index (χ4v) is 5.75. The van der Waals surface area contributed by atoms with Gasteiger partial charge in [-0.25, -0.2) is 0 Å². The van der Waals surface area contributed by atoms with Gasteiger partial charge in [0.1, 0.15) is 0 Å². The predicted octanol–water partition coefficient (Wildman–Crippen LogP) is 9.85. The molecule has 0 N–H and O–H groups in total. The molecule has 1 nitrogen and oxygen atoms in total. The molecule has 0 amide bonds. The fraction of sp³-hybridized carbons (Fsp3) is 0.0278. The molecule has 0 aliphatic rings. The van der Waals surface area contributed by atoms with Crippen molar-refractivity contribution >= 4 is 32.3 Å². The summed E-state index contributed by atoms with van der Waals surface area (Å²) >= 11 is 0. The number of hydrogen-bond donors (Lipinski definition) is 0. The standard InChI is InChI=1S/C36H25N/c1-24-14-16-26(17-15-24)35-30-10-4-6-12-32(30)36(33-13-7-5-11-31(33)35)34-19-18-27(25-20-22-37-23-21-25)28-8-2-3-9-29(28)34/h2-23H,1H3. The Morgan fingerprint density at radius 3 is 1.41 bits per heavy atom. The van der Waals surface area contributed by atoms with Gasteiger partial charge in [0.2, 0.25) is 0 Å². The second-order valence-electron chi connectivity index (χ2n) is 9.65. The summed E-state index contributed by atoms with van der Waals surface area (Å²) in [5.41, 5.74) is 8.79. The number of nitrogens with zero attached hydrogens (tertiary/aromatic N) is 1. The van der Waals surface area contributed by atoms with Crippen LogP contribution in [0.4, 0.5) is 0 Å². The molecule has 7 aromatic rings. The van der Waals surface area contributed by atoms with E-state index >= 15 is 0 Å². The van der Waals surface area contributed by atoms with Crippen LogP contribution in [0.5, 0.6) is 0 Å². The number of aryl methyl sites for hydroxylation is 1. The quantitative estimate of drug-likeness (QED) is 0.234. The van der Waals surface area contributed by atoms with E-state index in [1.54, 1.807) is 0 Å². The van der Waals surface area contributed by atoms with E-state index in [1.165, 1.54) is 71.3 Å². The molecule has 0 aliphatic carbocycles. The van der Waals surface area contributed by atoms with Gasteiger partial charge in [-0.2, -0.15) is 0 Å². The maximum Gasteiger partial charge on any atom is 0.0273 e.